The molecule has 1 amide bonds. The highest BCUT2D eigenvalue weighted by Gasteiger charge is 2.21. The standard InChI is InChI=1S/C20H26N2O5S/c1-4-26-18-11-8-10-17(13-18)22(28(3,24)25)15-20(23)21-14-16-9-6-7-12-19(16)27-5-2/h6-13H,4-5,14-15H2,1-3H3,(H,21,23). The highest BCUT2D eigenvalue weighted by atomic mass is 32.2. The Kier molecular flexibility index (Phi) is 7.69. The molecule has 2 aromatic rings. The number of hydrogen-bond donors (Lipinski definition) is 1. The van der Waals surface area contributed by atoms with Crippen LogP contribution in [0, 0.1) is 0 Å². The SMILES string of the molecule is CCOc1cccc(N(CC(=O)NCc2ccccc2OCC)S(C)(=O)=O)c1. The zero-order valence-corrected chi connectivity index (χ0v) is 17.2. The van der Waals surface area contributed by atoms with Crippen molar-refractivity contribution in [3.63, 3.8) is 0 Å². The largest absolute Gasteiger partial charge is 0.494 e. The molecule has 0 unspecified atom stereocenters. The molecular formula is C20H26N2O5S. The van der Waals surface area contributed by atoms with Gasteiger partial charge in [0.2, 0.25) is 15.9 Å². The first-order valence-corrected chi connectivity index (χ1v) is 10.9. The molecule has 152 valence electrons. The molecule has 0 saturated heterocycles. The maximum atomic E-state index is 12.4. The molecule has 0 atom stereocenters. The second-order valence-electron chi connectivity index (χ2n) is 6.02. The van der Waals surface area contributed by atoms with Crippen LogP contribution in [0.25, 0.3) is 0 Å². The van der Waals surface area contributed by atoms with Gasteiger partial charge in [0, 0.05) is 18.2 Å². The Bertz CT molecular complexity index is 899. The summed E-state index contributed by atoms with van der Waals surface area (Å²) in [6.45, 7) is 4.62. The molecule has 0 radical (unpaired) electrons. The lowest BCUT2D eigenvalue weighted by Gasteiger charge is -2.22. The number of amides is 1. The first-order chi connectivity index (χ1) is 13.3. The van der Waals surface area contributed by atoms with Crippen LogP contribution in [-0.4, -0.2) is 40.3 Å². The van der Waals surface area contributed by atoms with E-state index in [4.69, 9.17) is 9.47 Å². The van der Waals surface area contributed by atoms with Crippen molar-refractivity contribution in [2.75, 3.05) is 30.3 Å². The van der Waals surface area contributed by atoms with Gasteiger partial charge in [-0.3, -0.25) is 9.10 Å². The Morgan fingerprint density at radius 2 is 1.75 bits per heavy atom. The van der Waals surface area contributed by atoms with Gasteiger partial charge in [0.25, 0.3) is 0 Å². The minimum Gasteiger partial charge on any atom is -0.494 e. The summed E-state index contributed by atoms with van der Waals surface area (Å²) in [5, 5.41) is 2.75. The van der Waals surface area contributed by atoms with E-state index in [-0.39, 0.29) is 13.1 Å². The van der Waals surface area contributed by atoms with Crippen molar-refractivity contribution in [2.45, 2.75) is 20.4 Å². The van der Waals surface area contributed by atoms with E-state index < -0.39 is 15.9 Å². The summed E-state index contributed by atoms with van der Waals surface area (Å²) in [5.41, 5.74) is 1.19. The van der Waals surface area contributed by atoms with Crippen molar-refractivity contribution in [3.8, 4) is 11.5 Å². The minimum absolute atomic E-state index is 0.242. The predicted octanol–water partition coefficient (Wildman–Crippen LogP) is 2.57. The average Bonchev–Trinajstić information content (AvgIpc) is 2.65. The molecule has 7 nitrogen and oxygen atoms in total. The third-order valence-corrected chi connectivity index (χ3v) is 4.99. The number of anilines is 1. The minimum atomic E-state index is -3.65. The molecule has 0 saturated carbocycles. The number of ether oxygens (including phenoxy) is 2. The van der Waals surface area contributed by atoms with Crippen LogP contribution in [0.1, 0.15) is 19.4 Å². The predicted molar refractivity (Wildman–Crippen MR) is 109 cm³/mol. The fraction of sp³-hybridized carbons (Fsp3) is 0.350. The number of carbonyl (C=O) groups is 1. The van der Waals surface area contributed by atoms with Gasteiger partial charge in [-0.15, -0.1) is 0 Å². The van der Waals surface area contributed by atoms with E-state index in [0.717, 1.165) is 16.1 Å². The van der Waals surface area contributed by atoms with E-state index in [0.29, 0.717) is 30.4 Å². The molecule has 0 aromatic heterocycles. The van der Waals surface area contributed by atoms with Gasteiger partial charge in [0.15, 0.2) is 0 Å². The van der Waals surface area contributed by atoms with Gasteiger partial charge in [-0.05, 0) is 32.0 Å². The lowest BCUT2D eigenvalue weighted by atomic mass is 10.2. The maximum absolute atomic E-state index is 12.4. The zero-order valence-electron chi connectivity index (χ0n) is 16.3. The van der Waals surface area contributed by atoms with Gasteiger partial charge in [-0.25, -0.2) is 8.42 Å². The summed E-state index contributed by atoms with van der Waals surface area (Å²) in [4.78, 5) is 12.4. The Morgan fingerprint density at radius 3 is 2.43 bits per heavy atom. The highest BCUT2D eigenvalue weighted by Crippen LogP contribution is 2.23. The second-order valence-corrected chi connectivity index (χ2v) is 7.92. The Balaban J connectivity index is 2.11. The number of nitrogens with zero attached hydrogens (tertiary/aromatic N) is 1. The van der Waals surface area contributed by atoms with Gasteiger partial charge in [0.05, 0.1) is 25.2 Å². The van der Waals surface area contributed by atoms with Gasteiger partial charge < -0.3 is 14.8 Å². The van der Waals surface area contributed by atoms with Crippen LogP contribution >= 0.6 is 0 Å². The molecule has 0 fully saturated rings. The highest BCUT2D eigenvalue weighted by molar-refractivity contribution is 7.92. The van der Waals surface area contributed by atoms with Crippen LogP contribution in [0.5, 0.6) is 11.5 Å². The molecule has 1 N–H and O–H groups in total. The van der Waals surface area contributed by atoms with Crippen LogP contribution in [0.2, 0.25) is 0 Å². The van der Waals surface area contributed by atoms with E-state index >= 15 is 0 Å². The first kappa shape index (κ1) is 21.6. The van der Waals surface area contributed by atoms with E-state index in [1.54, 1.807) is 24.3 Å². The molecule has 2 rings (SSSR count). The van der Waals surface area contributed by atoms with Gasteiger partial charge in [0.1, 0.15) is 18.0 Å². The fourth-order valence-corrected chi connectivity index (χ4v) is 3.47. The van der Waals surface area contributed by atoms with Crippen LogP contribution in [0.15, 0.2) is 48.5 Å². The number of sulfonamides is 1. The average molecular weight is 407 g/mol. The van der Waals surface area contributed by atoms with Crippen molar-refractivity contribution < 1.29 is 22.7 Å². The normalized spacial score (nSPS) is 11.0. The Morgan fingerprint density at radius 1 is 1.04 bits per heavy atom. The molecule has 0 bridgehead atoms. The molecular weight excluding hydrogens is 380 g/mol. The summed E-state index contributed by atoms with van der Waals surface area (Å²) in [5.74, 6) is 0.813. The molecule has 0 heterocycles. The Hall–Kier alpha value is -2.74. The van der Waals surface area contributed by atoms with Crippen molar-refractivity contribution in [1.29, 1.82) is 0 Å². The fourth-order valence-electron chi connectivity index (χ4n) is 2.62. The maximum Gasteiger partial charge on any atom is 0.241 e. The summed E-state index contributed by atoms with van der Waals surface area (Å²) < 4.78 is 36.5. The summed E-state index contributed by atoms with van der Waals surface area (Å²) in [6, 6.07) is 14.0. The lowest BCUT2D eigenvalue weighted by molar-refractivity contribution is -0.119. The molecule has 0 aliphatic heterocycles. The van der Waals surface area contributed by atoms with Crippen LogP contribution < -0.4 is 19.1 Å². The number of carbonyl (C=O) groups excluding carboxylic acids is 1. The van der Waals surface area contributed by atoms with Crippen molar-refractivity contribution in [2.24, 2.45) is 0 Å². The summed E-state index contributed by atoms with van der Waals surface area (Å²) in [6.07, 6.45) is 1.07. The molecule has 8 heteroatoms. The topological polar surface area (TPSA) is 84.9 Å². The van der Waals surface area contributed by atoms with E-state index in [9.17, 15) is 13.2 Å². The molecule has 0 spiro atoms. The van der Waals surface area contributed by atoms with Crippen molar-refractivity contribution >= 4 is 21.6 Å². The van der Waals surface area contributed by atoms with Gasteiger partial charge in [-0.1, -0.05) is 24.3 Å². The monoisotopic (exact) mass is 406 g/mol. The van der Waals surface area contributed by atoms with E-state index in [2.05, 4.69) is 5.32 Å². The van der Waals surface area contributed by atoms with Crippen molar-refractivity contribution in [3.05, 3.63) is 54.1 Å². The number of nitrogens with one attached hydrogen (secondary N) is 1. The van der Waals surface area contributed by atoms with Crippen molar-refractivity contribution in [1.82, 2.24) is 5.32 Å². The quantitative estimate of drug-likeness (QED) is 0.656. The number of hydrogen-bond acceptors (Lipinski definition) is 5. The summed E-state index contributed by atoms with van der Waals surface area (Å²) in [7, 11) is -3.65. The van der Waals surface area contributed by atoms with Gasteiger partial charge >= 0.3 is 0 Å². The van der Waals surface area contributed by atoms with E-state index in [1.165, 1.54) is 0 Å². The summed E-state index contributed by atoms with van der Waals surface area (Å²) >= 11 is 0. The first-order valence-electron chi connectivity index (χ1n) is 9.03. The van der Waals surface area contributed by atoms with Gasteiger partial charge in [-0.2, -0.15) is 0 Å². The molecule has 0 aliphatic carbocycles. The third kappa shape index (κ3) is 6.16. The number of rotatable bonds is 10. The number of para-hydroxylation sites is 1. The van der Waals surface area contributed by atoms with Crippen LogP contribution in [-0.2, 0) is 21.4 Å². The third-order valence-electron chi connectivity index (χ3n) is 3.85. The Labute approximate surface area is 166 Å². The smallest absolute Gasteiger partial charge is 0.241 e. The van der Waals surface area contributed by atoms with Crippen LogP contribution in [0.4, 0.5) is 5.69 Å². The molecule has 2 aromatic carbocycles. The zero-order chi connectivity index (χ0) is 20.6. The number of benzene rings is 2. The molecule has 28 heavy (non-hydrogen) atoms. The van der Waals surface area contributed by atoms with Crippen LogP contribution in [0.3, 0.4) is 0 Å². The second kappa shape index (κ2) is 9.98. The molecule has 0 aliphatic rings. The van der Waals surface area contributed by atoms with E-state index in [1.807, 2.05) is 38.1 Å². The lowest BCUT2D eigenvalue weighted by Crippen LogP contribution is -2.40.